The summed E-state index contributed by atoms with van der Waals surface area (Å²) in [5, 5.41) is 3.34. The van der Waals surface area contributed by atoms with Gasteiger partial charge in [0.2, 0.25) is 5.91 Å². The minimum Gasteiger partial charge on any atom is -0.351 e. The number of carbonyl (C=O) groups excluding carboxylic acids is 3. The summed E-state index contributed by atoms with van der Waals surface area (Å²) in [6.45, 7) is 0.461. The maximum absolute atomic E-state index is 12.3. The first-order valence-electron chi connectivity index (χ1n) is 10.8. The van der Waals surface area contributed by atoms with Gasteiger partial charge in [-0.2, -0.15) is 0 Å². The van der Waals surface area contributed by atoms with Gasteiger partial charge in [0.25, 0.3) is 11.8 Å². The van der Waals surface area contributed by atoms with Gasteiger partial charge < -0.3 is 5.32 Å². The highest BCUT2D eigenvalue weighted by molar-refractivity contribution is 6.21. The molecule has 0 aromatic heterocycles. The quantitative estimate of drug-likeness (QED) is 0.544. The number of carbonyl (C=O) groups is 3. The van der Waals surface area contributed by atoms with E-state index in [4.69, 9.17) is 0 Å². The van der Waals surface area contributed by atoms with Gasteiger partial charge in [0.1, 0.15) is 0 Å². The van der Waals surface area contributed by atoms with Crippen molar-refractivity contribution >= 4 is 17.7 Å². The summed E-state index contributed by atoms with van der Waals surface area (Å²) < 4.78 is 0. The smallest absolute Gasteiger partial charge is 0.261 e. The van der Waals surface area contributed by atoms with Crippen LogP contribution in [0.2, 0.25) is 0 Å². The molecule has 0 radical (unpaired) electrons. The van der Waals surface area contributed by atoms with E-state index in [1.165, 1.54) is 24.2 Å². The van der Waals surface area contributed by atoms with Gasteiger partial charge in [0.05, 0.1) is 11.1 Å². The van der Waals surface area contributed by atoms with Crippen LogP contribution >= 0.6 is 0 Å². The fraction of sp³-hybridized carbons (Fsp3) is 0.609. The highest BCUT2D eigenvalue weighted by atomic mass is 16.2. The molecule has 1 N–H and O–H groups in total. The lowest BCUT2D eigenvalue weighted by atomic mass is 9.66. The number of nitrogens with one attached hydrogen (secondary N) is 1. The van der Waals surface area contributed by atoms with E-state index in [1.54, 1.807) is 24.3 Å². The normalized spacial score (nSPS) is 25.9. The number of fused-ring (bicyclic) bond motifs is 4. The zero-order valence-corrected chi connectivity index (χ0v) is 16.5. The third-order valence-electron chi connectivity index (χ3n) is 6.91. The largest absolute Gasteiger partial charge is 0.351 e. The van der Waals surface area contributed by atoms with E-state index in [0.29, 0.717) is 24.1 Å². The van der Waals surface area contributed by atoms with Crippen LogP contribution in [0.3, 0.4) is 0 Å². The maximum Gasteiger partial charge on any atom is 0.261 e. The molecule has 5 rings (SSSR count). The number of amides is 3. The van der Waals surface area contributed by atoms with Crippen LogP contribution in [0.1, 0.15) is 91.3 Å². The van der Waals surface area contributed by atoms with Crippen LogP contribution in [0.4, 0.5) is 0 Å². The Morgan fingerprint density at radius 1 is 0.929 bits per heavy atom. The zero-order chi connectivity index (χ0) is 19.6. The molecule has 1 aromatic carbocycles. The van der Waals surface area contributed by atoms with Crippen molar-refractivity contribution in [3.8, 4) is 0 Å². The average Bonchev–Trinajstić information content (AvgIpc) is 2.96. The summed E-state index contributed by atoms with van der Waals surface area (Å²) in [5.74, 6) is 0.740. The van der Waals surface area contributed by atoms with E-state index in [-0.39, 0.29) is 23.3 Å². The van der Waals surface area contributed by atoms with Crippen molar-refractivity contribution in [2.45, 2.75) is 76.2 Å². The van der Waals surface area contributed by atoms with Gasteiger partial charge in [0, 0.05) is 18.5 Å². The van der Waals surface area contributed by atoms with E-state index in [2.05, 4.69) is 5.32 Å². The predicted molar refractivity (Wildman–Crippen MR) is 107 cm³/mol. The summed E-state index contributed by atoms with van der Waals surface area (Å²) in [7, 11) is 0. The Hall–Kier alpha value is -2.17. The zero-order valence-electron chi connectivity index (χ0n) is 16.5. The molecule has 150 valence electrons. The molecule has 1 aliphatic heterocycles. The third kappa shape index (κ3) is 3.85. The Kier molecular flexibility index (Phi) is 5.51. The van der Waals surface area contributed by atoms with E-state index in [1.807, 2.05) is 0 Å². The van der Waals surface area contributed by atoms with Crippen LogP contribution in [0.25, 0.3) is 0 Å². The highest BCUT2D eigenvalue weighted by Crippen LogP contribution is 2.44. The van der Waals surface area contributed by atoms with Crippen molar-refractivity contribution in [2.75, 3.05) is 6.54 Å². The lowest BCUT2D eigenvalue weighted by Crippen LogP contribution is -2.53. The molecule has 0 spiro atoms. The molecule has 28 heavy (non-hydrogen) atoms. The highest BCUT2D eigenvalue weighted by Gasteiger charge is 2.41. The fourth-order valence-corrected chi connectivity index (χ4v) is 5.15. The van der Waals surface area contributed by atoms with Crippen molar-refractivity contribution in [3.05, 3.63) is 35.4 Å². The van der Waals surface area contributed by atoms with Gasteiger partial charge in [-0.25, -0.2) is 0 Å². The third-order valence-corrected chi connectivity index (χ3v) is 6.91. The summed E-state index contributed by atoms with van der Waals surface area (Å²) in [4.78, 5) is 38.3. The molecule has 1 aromatic rings. The van der Waals surface area contributed by atoms with Crippen LogP contribution < -0.4 is 5.32 Å². The molecular formula is C23H30N2O3. The van der Waals surface area contributed by atoms with Gasteiger partial charge in [-0.1, -0.05) is 25.0 Å². The molecule has 3 saturated carbocycles. The van der Waals surface area contributed by atoms with Crippen LogP contribution in [0, 0.1) is 5.92 Å². The van der Waals surface area contributed by atoms with Crippen LogP contribution in [0.15, 0.2) is 24.3 Å². The van der Waals surface area contributed by atoms with E-state index >= 15 is 0 Å². The van der Waals surface area contributed by atoms with E-state index in [9.17, 15) is 14.4 Å². The Balaban J connectivity index is 1.13. The lowest BCUT2D eigenvalue weighted by molar-refractivity contribution is -0.124. The first-order chi connectivity index (χ1) is 13.6. The summed E-state index contributed by atoms with van der Waals surface area (Å²) in [6.07, 6.45) is 11.4. The number of unbranched alkanes of at least 4 members (excludes halogenated alkanes) is 3. The Morgan fingerprint density at radius 2 is 1.50 bits per heavy atom. The van der Waals surface area contributed by atoms with Crippen LogP contribution in [0.5, 0.6) is 0 Å². The first kappa shape index (κ1) is 19.2. The average molecular weight is 383 g/mol. The SMILES string of the molecule is O=C(CCCCCCN1C(=O)c2ccccc2C1=O)NC12CCC(CC1)CC2. The van der Waals surface area contributed by atoms with Crippen LogP contribution in [-0.2, 0) is 4.79 Å². The number of rotatable bonds is 8. The molecule has 4 aliphatic rings. The van der Waals surface area contributed by atoms with Crippen molar-refractivity contribution in [1.82, 2.24) is 10.2 Å². The Labute approximate surface area is 166 Å². The molecule has 0 unspecified atom stereocenters. The van der Waals surface area contributed by atoms with Gasteiger partial charge >= 0.3 is 0 Å². The molecule has 5 nitrogen and oxygen atoms in total. The molecule has 0 atom stereocenters. The van der Waals surface area contributed by atoms with Crippen molar-refractivity contribution in [2.24, 2.45) is 5.92 Å². The molecule has 0 saturated heterocycles. The number of hydrogen-bond donors (Lipinski definition) is 1. The topological polar surface area (TPSA) is 66.5 Å². The number of nitrogens with zero attached hydrogens (tertiary/aromatic N) is 1. The summed E-state index contributed by atoms with van der Waals surface area (Å²) in [5.41, 5.74) is 1.12. The molecular weight excluding hydrogens is 352 g/mol. The second-order valence-corrected chi connectivity index (χ2v) is 8.78. The van der Waals surface area contributed by atoms with Crippen LogP contribution in [-0.4, -0.2) is 34.7 Å². The van der Waals surface area contributed by atoms with Gasteiger partial charge in [0.15, 0.2) is 0 Å². The van der Waals surface area contributed by atoms with Gasteiger partial charge in [-0.05, 0) is 69.4 Å². The molecule has 3 amide bonds. The number of imide groups is 1. The number of hydrogen-bond acceptors (Lipinski definition) is 3. The second kappa shape index (κ2) is 8.06. The van der Waals surface area contributed by atoms with Crippen molar-refractivity contribution in [1.29, 1.82) is 0 Å². The first-order valence-corrected chi connectivity index (χ1v) is 10.8. The predicted octanol–water partition coefficient (Wildman–Crippen LogP) is 4.07. The van der Waals surface area contributed by atoms with Gasteiger partial charge in [-0.3, -0.25) is 19.3 Å². The minimum absolute atomic E-state index is 0.0946. The van der Waals surface area contributed by atoms with Gasteiger partial charge in [-0.15, -0.1) is 0 Å². The molecule has 2 bridgehead atoms. The minimum atomic E-state index is -0.179. The maximum atomic E-state index is 12.3. The standard InChI is InChI=1S/C23H30N2O3/c26-20(24-23-13-10-17(11-14-23)12-15-23)9-3-1-2-6-16-25-21(27)18-7-4-5-8-19(18)22(25)28/h4-5,7-8,17H,1-3,6,9-16H2,(H,24,26). The fourth-order valence-electron chi connectivity index (χ4n) is 5.15. The lowest BCUT2D eigenvalue weighted by Gasteiger charge is -2.47. The second-order valence-electron chi connectivity index (χ2n) is 8.78. The van der Waals surface area contributed by atoms with Crippen molar-refractivity contribution < 1.29 is 14.4 Å². The molecule has 5 heteroatoms. The van der Waals surface area contributed by atoms with E-state index in [0.717, 1.165) is 50.9 Å². The molecule has 1 heterocycles. The Bertz CT molecular complexity index is 716. The van der Waals surface area contributed by atoms with Crippen molar-refractivity contribution in [3.63, 3.8) is 0 Å². The Morgan fingerprint density at radius 3 is 2.11 bits per heavy atom. The number of benzene rings is 1. The molecule has 3 fully saturated rings. The monoisotopic (exact) mass is 382 g/mol. The summed E-state index contributed by atoms with van der Waals surface area (Å²) in [6, 6.07) is 7.01. The summed E-state index contributed by atoms with van der Waals surface area (Å²) >= 11 is 0. The molecule has 3 aliphatic carbocycles. The van der Waals surface area contributed by atoms with E-state index < -0.39 is 0 Å².